The Labute approximate surface area is 91.8 Å². The number of nitrogens with zero attached hydrogens (tertiary/aromatic N) is 1. The molecule has 0 aliphatic carbocycles. The van der Waals surface area contributed by atoms with Crippen LogP contribution in [-0.4, -0.2) is 37.1 Å². The third-order valence-corrected chi connectivity index (χ3v) is 2.60. The topological polar surface area (TPSA) is 29.5 Å². The Morgan fingerprint density at radius 1 is 1.60 bits per heavy atom. The maximum Gasteiger partial charge on any atom is 0.310 e. The highest BCUT2D eigenvalue weighted by molar-refractivity contribution is 5.72. The molecule has 1 saturated heterocycles. The summed E-state index contributed by atoms with van der Waals surface area (Å²) in [5.41, 5.74) is 0. The molecular weight excluding hydrogens is 190 g/mol. The maximum absolute atomic E-state index is 11.5. The van der Waals surface area contributed by atoms with E-state index in [-0.39, 0.29) is 11.9 Å². The second-order valence-corrected chi connectivity index (χ2v) is 3.75. The molecule has 1 aliphatic rings. The normalized spacial score (nSPS) is 21.6. The van der Waals surface area contributed by atoms with Crippen molar-refractivity contribution in [1.82, 2.24) is 4.90 Å². The summed E-state index contributed by atoms with van der Waals surface area (Å²) < 4.78 is 5.03. The van der Waals surface area contributed by atoms with Crippen LogP contribution in [0.25, 0.3) is 0 Å². The van der Waals surface area contributed by atoms with Crippen LogP contribution in [0, 0.1) is 17.8 Å². The van der Waals surface area contributed by atoms with E-state index in [4.69, 9.17) is 4.74 Å². The first-order valence-corrected chi connectivity index (χ1v) is 5.56. The van der Waals surface area contributed by atoms with Gasteiger partial charge in [0.2, 0.25) is 0 Å². The number of rotatable bonds is 3. The molecule has 1 rings (SSSR count). The van der Waals surface area contributed by atoms with Crippen LogP contribution < -0.4 is 0 Å². The summed E-state index contributed by atoms with van der Waals surface area (Å²) in [6.07, 6.45) is 2.02. The molecule has 15 heavy (non-hydrogen) atoms. The first kappa shape index (κ1) is 12.1. The number of hydrogen-bond acceptors (Lipinski definition) is 3. The van der Waals surface area contributed by atoms with Crippen LogP contribution in [0.15, 0.2) is 0 Å². The van der Waals surface area contributed by atoms with Gasteiger partial charge in [-0.25, -0.2) is 0 Å². The van der Waals surface area contributed by atoms with Gasteiger partial charge in [-0.05, 0) is 33.2 Å². The molecule has 0 aromatic heterocycles. The lowest BCUT2D eigenvalue weighted by Crippen LogP contribution is -2.39. The van der Waals surface area contributed by atoms with Gasteiger partial charge in [-0.3, -0.25) is 9.69 Å². The number of esters is 1. The Kier molecular flexibility index (Phi) is 5.20. The summed E-state index contributed by atoms with van der Waals surface area (Å²) in [5, 5.41) is 0. The largest absolute Gasteiger partial charge is 0.466 e. The molecule has 0 aromatic rings. The molecule has 0 bridgehead atoms. The maximum atomic E-state index is 11.5. The van der Waals surface area contributed by atoms with Crippen molar-refractivity contribution < 1.29 is 9.53 Å². The van der Waals surface area contributed by atoms with Crippen molar-refractivity contribution in [1.29, 1.82) is 0 Å². The minimum atomic E-state index is -0.0494. The average molecular weight is 209 g/mol. The molecule has 1 atom stereocenters. The van der Waals surface area contributed by atoms with Crippen LogP contribution in [0.2, 0.25) is 0 Å². The number of hydrogen-bond donors (Lipinski definition) is 0. The molecule has 0 amide bonds. The van der Waals surface area contributed by atoms with E-state index in [1.54, 1.807) is 0 Å². The molecule has 1 aliphatic heterocycles. The summed E-state index contributed by atoms with van der Waals surface area (Å²) in [5.74, 6) is 5.91. The Morgan fingerprint density at radius 2 is 2.40 bits per heavy atom. The smallest absolute Gasteiger partial charge is 0.310 e. The van der Waals surface area contributed by atoms with Gasteiger partial charge in [-0.1, -0.05) is 5.92 Å². The Hall–Kier alpha value is -1.01. The molecule has 0 unspecified atom stereocenters. The standard InChI is InChI=1S/C12H19NO2/c1-3-5-8-13-9-6-7-11(10-13)12(14)15-4-2/h11H,4,6-10H2,1-2H3/t11-/m0/s1. The highest BCUT2D eigenvalue weighted by Gasteiger charge is 2.26. The Bertz CT molecular complexity index is 265. The van der Waals surface area contributed by atoms with Gasteiger partial charge in [0.15, 0.2) is 0 Å². The van der Waals surface area contributed by atoms with Crippen LogP contribution >= 0.6 is 0 Å². The molecule has 0 aromatic carbocycles. The second-order valence-electron chi connectivity index (χ2n) is 3.75. The van der Waals surface area contributed by atoms with E-state index in [1.807, 2.05) is 13.8 Å². The Morgan fingerprint density at radius 3 is 3.07 bits per heavy atom. The number of carbonyl (C=O) groups excluding carboxylic acids is 1. The fourth-order valence-electron chi connectivity index (χ4n) is 1.84. The number of piperidine rings is 1. The van der Waals surface area contributed by atoms with E-state index < -0.39 is 0 Å². The van der Waals surface area contributed by atoms with Crippen LogP contribution in [-0.2, 0) is 9.53 Å². The van der Waals surface area contributed by atoms with E-state index >= 15 is 0 Å². The molecular formula is C12H19NO2. The van der Waals surface area contributed by atoms with Crippen molar-refractivity contribution in [3.63, 3.8) is 0 Å². The molecule has 0 N–H and O–H groups in total. The molecule has 3 nitrogen and oxygen atoms in total. The third-order valence-electron chi connectivity index (χ3n) is 2.60. The summed E-state index contributed by atoms with van der Waals surface area (Å²) in [7, 11) is 0. The number of carbonyl (C=O) groups is 1. The van der Waals surface area contributed by atoms with Crippen molar-refractivity contribution in [2.24, 2.45) is 5.92 Å². The van der Waals surface area contributed by atoms with Crippen LogP contribution in [0.4, 0.5) is 0 Å². The predicted molar refractivity (Wildman–Crippen MR) is 59.2 cm³/mol. The third kappa shape index (κ3) is 3.93. The van der Waals surface area contributed by atoms with E-state index in [0.29, 0.717) is 6.61 Å². The average Bonchev–Trinajstić information content (AvgIpc) is 2.27. The number of likely N-dealkylation sites (tertiary alicyclic amines) is 1. The fraction of sp³-hybridized carbons (Fsp3) is 0.750. The minimum Gasteiger partial charge on any atom is -0.466 e. The lowest BCUT2D eigenvalue weighted by molar-refractivity contribution is -0.149. The zero-order chi connectivity index (χ0) is 11.1. The quantitative estimate of drug-likeness (QED) is 0.518. The highest BCUT2D eigenvalue weighted by Crippen LogP contribution is 2.17. The van der Waals surface area contributed by atoms with Crippen molar-refractivity contribution >= 4 is 5.97 Å². The van der Waals surface area contributed by atoms with Gasteiger partial charge >= 0.3 is 5.97 Å². The van der Waals surface area contributed by atoms with Gasteiger partial charge in [0.05, 0.1) is 19.1 Å². The van der Waals surface area contributed by atoms with Crippen LogP contribution in [0.3, 0.4) is 0 Å². The molecule has 0 radical (unpaired) electrons. The molecule has 0 saturated carbocycles. The van der Waals surface area contributed by atoms with Crippen LogP contribution in [0.1, 0.15) is 26.7 Å². The van der Waals surface area contributed by atoms with Gasteiger partial charge in [-0.2, -0.15) is 0 Å². The predicted octanol–water partition coefficient (Wildman–Crippen LogP) is 1.28. The minimum absolute atomic E-state index is 0.0494. The lowest BCUT2D eigenvalue weighted by Gasteiger charge is -2.29. The zero-order valence-electron chi connectivity index (χ0n) is 9.58. The molecule has 84 valence electrons. The Balaban J connectivity index is 2.40. The van der Waals surface area contributed by atoms with Crippen molar-refractivity contribution in [3.05, 3.63) is 0 Å². The van der Waals surface area contributed by atoms with E-state index in [0.717, 1.165) is 32.5 Å². The molecule has 1 heterocycles. The lowest BCUT2D eigenvalue weighted by atomic mass is 9.98. The summed E-state index contributed by atoms with van der Waals surface area (Å²) >= 11 is 0. The van der Waals surface area contributed by atoms with Crippen molar-refractivity contribution in [2.45, 2.75) is 26.7 Å². The fourth-order valence-corrected chi connectivity index (χ4v) is 1.84. The highest BCUT2D eigenvalue weighted by atomic mass is 16.5. The van der Waals surface area contributed by atoms with Crippen molar-refractivity contribution in [3.8, 4) is 11.8 Å². The second kappa shape index (κ2) is 6.47. The van der Waals surface area contributed by atoms with E-state index in [9.17, 15) is 4.79 Å². The van der Waals surface area contributed by atoms with Gasteiger partial charge < -0.3 is 4.74 Å². The van der Waals surface area contributed by atoms with Crippen LogP contribution in [0.5, 0.6) is 0 Å². The first-order chi connectivity index (χ1) is 7.27. The summed E-state index contributed by atoms with van der Waals surface area (Å²) in [6, 6.07) is 0. The SMILES string of the molecule is CC#CCN1CCC[C@H](C(=O)OCC)C1. The monoisotopic (exact) mass is 209 g/mol. The molecule has 3 heteroatoms. The molecule has 0 spiro atoms. The van der Waals surface area contributed by atoms with Crippen molar-refractivity contribution in [2.75, 3.05) is 26.2 Å². The summed E-state index contributed by atoms with van der Waals surface area (Å²) in [6.45, 7) is 6.78. The zero-order valence-corrected chi connectivity index (χ0v) is 9.58. The number of ether oxygens (including phenoxy) is 1. The van der Waals surface area contributed by atoms with Gasteiger partial charge in [-0.15, -0.1) is 5.92 Å². The first-order valence-electron chi connectivity index (χ1n) is 5.56. The van der Waals surface area contributed by atoms with Gasteiger partial charge in [0.1, 0.15) is 0 Å². The summed E-state index contributed by atoms with van der Waals surface area (Å²) in [4.78, 5) is 13.8. The van der Waals surface area contributed by atoms with E-state index in [1.165, 1.54) is 0 Å². The van der Waals surface area contributed by atoms with Gasteiger partial charge in [0, 0.05) is 6.54 Å². The molecule has 1 fully saturated rings. The van der Waals surface area contributed by atoms with Gasteiger partial charge in [0.25, 0.3) is 0 Å². The van der Waals surface area contributed by atoms with E-state index in [2.05, 4.69) is 16.7 Å².